The quantitative estimate of drug-likeness (QED) is 0.455. The third kappa shape index (κ3) is 4.29. The molecule has 4 heterocycles. The van der Waals surface area contributed by atoms with Gasteiger partial charge in [0.25, 0.3) is 0 Å². The second kappa shape index (κ2) is 8.81. The van der Waals surface area contributed by atoms with Crippen LogP contribution in [0.15, 0.2) is 60.2 Å². The molecule has 0 aliphatic carbocycles. The lowest BCUT2D eigenvalue weighted by molar-refractivity contribution is 0.349. The molecule has 1 saturated heterocycles. The number of rotatable bonds is 8. The van der Waals surface area contributed by atoms with Crippen LogP contribution in [0.4, 0.5) is 11.9 Å². The van der Waals surface area contributed by atoms with E-state index in [9.17, 15) is 0 Å². The first-order valence-electron chi connectivity index (χ1n) is 10.3. The van der Waals surface area contributed by atoms with Gasteiger partial charge in [-0.1, -0.05) is 18.2 Å². The van der Waals surface area contributed by atoms with Gasteiger partial charge in [-0.05, 0) is 36.1 Å². The molecule has 0 saturated carbocycles. The van der Waals surface area contributed by atoms with E-state index in [0.717, 1.165) is 50.6 Å². The van der Waals surface area contributed by atoms with Gasteiger partial charge in [-0.15, -0.1) is 11.3 Å². The second-order valence-corrected chi connectivity index (χ2v) is 8.55. The number of hydrogen-bond donors (Lipinski definition) is 2. The molecule has 0 spiro atoms. The standard InChI is InChI=1S/C22H25N7S/c1-2-7-20-19(6-1)27-22(29(20)16-18-5-3-14-30-18)26-17-8-12-28(15-17)13-11-25-21-23-9-4-10-24-21/h1-7,9-10,14,17H,8,11-13,15-16H2,(H,26,27)(H,23,24,25). The number of hydrogen-bond acceptors (Lipinski definition) is 7. The number of nitrogens with zero attached hydrogens (tertiary/aromatic N) is 5. The monoisotopic (exact) mass is 419 g/mol. The molecular weight excluding hydrogens is 394 g/mol. The Morgan fingerprint density at radius 2 is 1.97 bits per heavy atom. The molecule has 2 N–H and O–H groups in total. The summed E-state index contributed by atoms with van der Waals surface area (Å²) in [5.74, 6) is 1.65. The van der Waals surface area contributed by atoms with Gasteiger partial charge in [0.2, 0.25) is 11.9 Å². The predicted molar refractivity (Wildman–Crippen MR) is 122 cm³/mol. The fourth-order valence-corrected chi connectivity index (χ4v) is 4.65. The normalized spacial score (nSPS) is 16.9. The lowest BCUT2D eigenvalue weighted by atomic mass is 10.3. The molecule has 1 aromatic carbocycles. The maximum Gasteiger partial charge on any atom is 0.222 e. The van der Waals surface area contributed by atoms with Gasteiger partial charge in [0.05, 0.1) is 17.6 Å². The first kappa shape index (κ1) is 19.0. The number of fused-ring (bicyclic) bond motifs is 1. The van der Waals surface area contributed by atoms with Crippen LogP contribution < -0.4 is 10.6 Å². The van der Waals surface area contributed by atoms with Crippen LogP contribution in [-0.2, 0) is 6.54 Å². The van der Waals surface area contributed by atoms with Crippen molar-refractivity contribution in [3.05, 3.63) is 65.1 Å². The third-order valence-electron chi connectivity index (χ3n) is 5.43. The highest BCUT2D eigenvalue weighted by atomic mass is 32.1. The zero-order valence-electron chi connectivity index (χ0n) is 16.7. The van der Waals surface area contributed by atoms with Crippen LogP contribution >= 0.6 is 11.3 Å². The van der Waals surface area contributed by atoms with E-state index in [1.165, 1.54) is 10.4 Å². The van der Waals surface area contributed by atoms with Crippen LogP contribution in [0.2, 0.25) is 0 Å². The largest absolute Gasteiger partial charge is 0.353 e. The molecule has 3 aromatic heterocycles. The topological polar surface area (TPSA) is 70.9 Å². The summed E-state index contributed by atoms with van der Waals surface area (Å²) in [4.78, 5) is 17.1. The van der Waals surface area contributed by atoms with E-state index in [1.807, 2.05) is 6.07 Å². The number of aromatic nitrogens is 4. The van der Waals surface area contributed by atoms with Gasteiger partial charge in [-0.25, -0.2) is 15.0 Å². The van der Waals surface area contributed by atoms with E-state index in [2.05, 4.69) is 71.8 Å². The van der Waals surface area contributed by atoms with Crippen LogP contribution in [0.25, 0.3) is 11.0 Å². The van der Waals surface area contributed by atoms with Crippen molar-refractivity contribution in [2.45, 2.75) is 19.0 Å². The van der Waals surface area contributed by atoms with Crippen molar-refractivity contribution in [2.24, 2.45) is 0 Å². The molecule has 5 rings (SSSR count). The Balaban J connectivity index is 1.22. The average molecular weight is 420 g/mol. The van der Waals surface area contributed by atoms with Crippen LogP contribution in [0.1, 0.15) is 11.3 Å². The molecule has 1 fully saturated rings. The number of nitrogens with one attached hydrogen (secondary N) is 2. The molecule has 30 heavy (non-hydrogen) atoms. The molecule has 1 aliphatic rings. The van der Waals surface area contributed by atoms with Crippen LogP contribution in [0.3, 0.4) is 0 Å². The van der Waals surface area contributed by atoms with Crippen molar-refractivity contribution in [1.82, 2.24) is 24.4 Å². The van der Waals surface area contributed by atoms with E-state index in [1.54, 1.807) is 23.7 Å². The molecule has 0 amide bonds. The highest BCUT2D eigenvalue weighted by Gasteiger charge is 2.24. The number of benzene rings is 1. The minimum atomic E-state index is 0.400. The highest BCUT2D eigenvalue weighted by Crippen LogP contribution is 2.24. The Hall–Kier alpha value is -2.97. The van der Waals surface area contributed by atoms with E-state index in [0.29, 0.717) is 12.0 Å². The molecule has 0 radical (unpaired) electrons. The van der Waals surface area contributed by atoms with Crippen molar-refractivity contribution < 1.29 is 0 Å². The Kier molecular flexibility index (Phi) is 5.58. The first-order chi connectivity index (χ1) is 14.8. The number of para-hydroxylation sites is 2. The lowest BCUT2D eigenvalue weighted by Crippen LogP contribution is -2.30. The second-order valence-electron chi connectivity index (χ2n) is 7.52. The van der Waals surface area contributed by atoms with Gasteiger partial charge in [0.15, 0.2) is 0 Å². The van der Waals surface area contributed by atoms with Gasteiger partial charge >= 0.3 is 0 Å². The van der Waals surface area contributed by atoms with Crippen molar-refractivity contribution in [3.8, 4) is 0 Å². The number of thiophene rings is 1. The van der Waals surface area contributed by atoms with Crippen LogP contribution in [0, 0.1) is 0 Å². The fourth-order valence-electron chi connectivity index (χ4n) is 3.96. The van der Waals surface area contributed by atoms with E-state index < -0.39 is 0 Å². The van der Waals surface area contributed by atoms with Gasteiger partial charge in [0.1, 0.15) is 0 Å². The van der Waals surface area contributed by atoms with Crippen molar-refractivity contribution in [3.63, 3.8) is 0 Å². The van der Waals surface area contributed by atoms with Crippen LogP contribution in [-0.4, -0.2) is 56.6 Å². The smallest absolute Gasteiger partial charge is 0.222 e. The number of imidazole rings is 1. The SMILES string of the molecule is c1cnc(NCCN2CCC(Nc3nc4ccccc4n3Cc3cccs3)C2)nc1. The minimum absolute atomic E-state index is 0.400. The lowest BCUT2D eigenvalue weighted by Gasteiger charge is -2.18. The van der Waals surface area contributed by atoms with Crippen molar-refractivity contribution in [1.29, 1.82) is 0 Å². The van der Waals surface area contributed by atoms with E-state index >= 15 is 0 Å². The number of anilines is 2. The van der Waals surface area contributed by atoms with Gasteiger partial charge in [0, 0.05) is 49.5 Å². The average Bonchev–Trinajstić information content (AvgIpc) is 3.51. The van der Waals surface area contributed by atoms with Crippen molar-refractivity contribution in [2.75, 3.05) is 36.8 Å². The van der Waals surface area contributed by atoms with Crippen molar-refractivity contribution >= 4 is 34.3 Å². The summed E-state index contributed by atoms with van der Waals surface area (Å²) in [5, 5.41) is 9.14. The molecule has 8 heteroatoms. The molecule has 1 aliphatic heterocycles. The summed E-state index contributed by atoms with van der Waals surface area (Å²) in [6.45, 7) is 4.76. The summed E-state index contributed by atoms with van der Waals surface area (Å²) in [6.07, 6.45) is 4.63. The molecule has 0 bridgehead atoms. The molecule has 4 aromatic rings. The fraction of sp³-hybridized carbons (Fsp3) is 0.318. The summed E-state index contributed by atoms with van der Waals surface area (Å²) >= 11 is 1.79. The first-order valence-corrected chi connectivity index (χ1v) is 11.2. The highest BCUT2D eigenvalue weighted by molar-refractivity contribution is 7.09. The molecule has 154 valence electrons. The van der Waals surface area contributed by atoms with E-state index in [-0.39, 0.29) is 0 Å². The van der Waals surface area contributed by atoms with Gasteiger partial charge in [-0.3, -0.25) is 4.90 Å². The molecular formula is C22H25N7S. The third-order valence-corrected chi connectivity index (χ3v) is 6.29. The maximum absolute atomic E-state index is 4.89. The number of likely N-dealkylation sites (tertiary alicyclic amines) is 1. The Morgan fingerprint density at radius 1 is 1.07 bits per heavy atom. The minimum Gasteiger partial charge on any atom is -0.353 e. The predicted octanol–water partition coefficient (Wildman–Crippen LogP) is 3.53. The summed E-state index contributed by atoms with van der Waals surface area (Å²) < 4.78 is 2.30. The summed E-state index contributed by atoms with van der Waals surface area (Å²) in [5.41, 5.74) is 2.22. The maximum atomic E-state index is 4.89. The van der Waals surface area contributed by atoms with Gasteiger partial charge in [-0.2, -0.15) is 0 Å². The zero-order valence-corrected chi connectivity index (χ0v) is 17.6. The molecule has 1 atom stereocenters. The Labute approximate surface area is 179 Å². The summed E-state index contributed by atoms with van der Waals surface area (Å²) in [7, 11) is 0. The Bertz CT molecular complexity index is 1080. The zero-order chi connectivity index (χ0) is 20.2. The summed E-state index contributed by atoms with van der Waals surface area (Å²) in [6, 6.07) is 14.9. The van der Waals surface area contributed by atoms with E-state index in [4.69, 9.17) is 4.98 Å². The molecule has 1 unspecified atom stereocenters. The Morgan fingerprint density at radius 3 is 2.83 bits per heavy atom. The van der Waals surface area contributed by atoms with Crippen LogP contribution in [0.5, 0.6) is 0 Å². The van der Waals surface area contributed by atoms with Gasteiger partial charge < -0.3 is 15.2 Å². The molecule has 7 nitrogen and oxygen atoms in total.